The van der Waals surface area contributed by atoms with Crippen LogP contribution >= 0.6 is 23.5 Å². The summed E-state index contributed by atoms with van der Waals surface area (Å²) in [6.07, 6.45) is -0.628. The minimum Gasteiger partial charge on any atom is -0.392 e. The zero-order valence-electron chi connectivity index (χ0n) is 13.9. The van der Waals surface area contributed by atoms with Gasteiger partial charge in [0, 0.05) is 27.4 Å². The van der Waals surface area contributed by atoms with Gasteiger partial charge < -0.3 is 26.2 Å². The smallest absolute Gasteiger partial charge is 0.107 e. The lowest BCUT2D eigenvalue weighted by atomic mass is 9.77. The second kappa shape index (κ2) is 8.89. The fraction of sp³-hybridized carbons (Fsp3) is 0.647. The molecule has 1 fully saturated rings. The van der Waals surface area contributed by atoms with Gasteiger partial charge in [-0.2, -0.15) is 11.8 Å². The third-order valence-corrected chi connectivity index (χ3v) is 7.10. The molecule has 7 heteroatoms. The average molecular weight is 374 g/mol. The minimum atomic E-state index is -1.16. The molecule has 6 N–H and O–H groups in total. The van der Waals surface area contributed by atoms with Crippen LogP contribution < -0.4 is 5.73 Å². The second-order valence-electron chi connectivity index (χ2n) is 6.35. The number of rotatable bonds is 6. The molecule has 0 spiro atoms. The van der Waals surface area contributed by atoms with Gasteiger partial charge in [-0.1, -0.05) is 19.1 Å². The summed E-state index contributed by atoms with van der Waals surface area (Å²) in [7, 11) is 0. The van der Waals surface area contributed by atoms with E-state index in [1.165, 1.54) is 11.8 Å². The van der Waals surface area contributed by atoms with Gasteiger partial charge in [0.1, 0.15) is 6.10 Å². The van der Waals surface area contributed by atoms with E-state index in [1.807, 2.05) is 37.4 Å². The van der Waals surface area contributed by atoms with Crippen molar-refractivity contribution in [2.45, 2.75) is 59.7 Å². The fourth-order valence-corrected chi connectivity index (χ4v) is 5.09. The molecule has 2 rings (SSSR count). The Hall–Kier alpha value is -0.280. The standard InChI is InChI=1S/C17H27NO4S2/c1-9(24-11-5-3-10(8-19)4-6-11)14(18)12-7-13(23-2)16(21)17(22)15(12)20/h3-6,9,12-17,19-22H,7-8,18H2,1-2H3/t9-,12+,13?,14+,15?,16-,17?/m0/s1. The molecule has 0 aliphatic heterocycles. The lowest BCUT2D eigenvalue weighted by Crippen LogP contribution is -2.58. The van der Waals surface area contributed by atoms with Crippen molar-refractivity contribution in [2.75, 3.05) is 6.26 Å². The Labute approximate surface area is 151 Å². The molecule has 1 aromatic rings. The Morgan fingerprint density at radius 2 is 1.75 bits per heavy atom. The molecule has 24 heavy (non-hydrogen) atoms. The number of thioether (sulfide) groups is 2. The van der Waals surface area contributed by atoms with Crippen molar-refractivity contribution in [3.05, 3.63) is 29.8 Å². The zero-order chi connectivity index (χ0) is 17.9. The first-order valence-electron chi connectivity index (χ1n) is 8.08. The van der Waals surface area contributed by atoms with Gasteiger partial charge in [0.15, 0.2) is 0 Å². The molecule has 7 atom stereocenters. The maximum absolute atomic E-state index is 10.3. The largest absolute Gasteiger partial charge is 0.392 e. The first kappa shape index (κ1) is 20.0. The predicted octanol–water partition coefficient (Wildman–Crippen LogP) is 0.821. The van der Waals surface area contributed by atoms with Crippen LogP contribution in [0.15, 0.2) is 29.2 Å². The highest BCUT2D eigenvalue weighted by molar-refractivity contribution is 8.00. The van der Waals surface area contributed by atoms with E-state index in [0.29, 0.717) is 6.42 Å². The summed E-state index contributed by atoms with van der Waals surface area (Å²) in [5, 5.41) is 39.5. The fourth-order valence-electron chi connectivity index (χ4n) is 3.16. The van der Waals surface area contributed by atoms with Crippen LogP contribution in [-0.2, 0) is 6.61 Å². The van der Waals surface area contributed by atoms with E-state index in [-0.39, 0.29) is 29.1 Å². The Morgan fingerprint density at radius 3 is 2.29 bits per heavy atom. The van der Waals surface area contributed by atoms with Crippen LogP contribution in [0.5, 0.6) is 0 Å². The number of aliphatic hydroxyl groups excluding tert-OH is 4. The number of hydrogen-bond donors (Lipinski definition) is 5. The summed E-state index contributed by atoms with van der Waals surface area (Å²) >= 11 is 3.10. The molecule has 0 saturated heterocycles. The third kappa shape index (κ3) is 4.46. The van der Waals surface area contributed by atoms with Gasteiger partial charge in [-0.25, -0.2) is 0 Å². The monoisotopic (exact) mass is 373 g/mol. The highest BCUT2D eigenvalue weighted by Crippen LogP contribution is 2.37. The summed E-state index contributed by atoms with van der Waals surface area (Å²) in [4.78, 5) is 1.04. The number of nitrogens with two attached hydrogens (primary N) is 1. The van der Waals surface area contributed by atoms with Crippen molar-refractivity contribution >= 4 is 23.5 Å². The van der Waals surface area contributed by atoms with Gasteiger partial charge in [0.25, 0.3) is 0 Å². The number of benzene rings is 1. The van der Waals surface area contributed by atoms with E-state index in [1.54, 1.807) is 11.8 Å². The van der Waals surface area contributed by atoms with Crippen LogP contribution in [0.3, 0.4) is 0 Å². The SMILES string of the molecule is CSC1C[C@H]([C@H](N)[C@H](C)Sc2ccc(CO)cc2)C(O)C(O)[C@H]1O. The lowest BCUT2D eigenvalue weighted by Gasteiger charge is -2.43. The van der Waals surface area contributed by atoms with Crippen molar-refractivity contribution in [3.8, 4) is 0 Å². The highest BCUT2D eigenvalue weighted by atomic mass is 32.2. The summed E-state index contributed by atoms with van der Waals surface area (Å²) in [6, 6.07) is 7.33. The van der Waals surface area contributed by atoms with Gasteiger partial charge in [-0.15, -0.1) is 11.8 Å². The molecule has 136 valence electrons. The van der Waals surface area contributed by atoms with E-state index in [4.69, 9.17) is 10.8 Å². The van der Waals surface area contributed by atoms with Gasteiger partial charge in [0.05, 0.1) is 18.8 Å². The minimum absolute atomic E-state index is 0.0184. The molecule has 1 aliphatic carbocycles. The molecule has 0 heterocycles. The first-order valence-corrected chi connectivity index (χ1v) is 10.2. The molecule has 1 saturated carbocycles. The van der Waals surface area contributed by atoms with Crippen molar-refractivity contribution in [1.82, 2.24) is 0 Å². The van der Waals surface area contributed by atoms with Crippen LogP contribution in [0.25, 0.3) is 0 Å². The molecule has 0 amide bonds. The molecule has 1 aliphatic rings. The van der Waals surface area contributed by atoms with E-state index in [2.05, 4.69) is 0 Å². The average Bonchev–Trinajstić information content (AvgIpc) is 2.60. The second-order valence-corrected chi connectivity index (χ2v) is 8.88. The van der Waals surface area contributed by atoms with Crippen LogP contribution in [0.2, 0.25) is 0 Å². The maximum Gasteiger partial charge on any atom is 0.107 e. The van der Waals surface area contributed by atoms with Crippen molar-refractivity contribution in [2.24, 2.45) is 11.7 Å². The predicted molar refractivity (Wildman–Crippen MR) is 99.1 cm³/mol. The van der Waals surface area contributed by atoms with E-state index in [0.717, 1.165) is 10.5 Å². The quantitative estimate of drug-likeness (QED) is 0.470. The molecule has 5 nitrogen and oxygen atoms in total. The molecule has 0 aromatic heterocycles. The summed E-state index contributed by atoms with van der Waals surface area (Å²) in [5.74, 6) is -0.264. The van der Waals surface area contributed by atoms with Crippen molar-refractivity contribution in [1.29, 1.82) is 0 Å². The van der Waals surface area contributed by atoms with Crippen LogP contribution in [-0.4, -0.2) is 61.5 Å². The summed E-state index contributed by atoms with van der Waals surface area (Å²) in [6.45, 7) is 2.03. The first-order chi connectivity index (χ1) is 11.4. The Morgan fingerprint density at radius 1 is 1.12 bits per heavy atom. The third-order valence-electron chi connectivity index (χ3n) is 4.79. The topological polar surface area (TPSA) is 107 Å². The molecular weight excluding hydrogens is 346 g/mol. The normalized spacial score (nSPS) is 33.2. The molecular formula is C17H27NO4S2. The van der Waals surface area contributed by atoms with Crippen molar-refractivity contribution < 1.29 is 20.4 Å². The number of aliphatic hydroxyl groups is 4. The van der Waals surface area contributed by atoms with Gasteiger partial charge in [-0.3, -0.25) is 0 Å². The van der Waals surface area contributed by atoms with Crippen molar-refractivity contribution in [3.63, 3.8) is 0 Å². The molecule has 3 unspecified atom stereocenters. The van der Waals surface area contributed by atoms with Gasteiger partial charge in [-0.05, 0) is 30.4 Å². The van der Waals surface area contributed by atoms with Gasteiger partial charge in [0.2, 0.25) is 0 Å². The number of hydrogen-bond acceptors (Lipinski definition) is 7. The Balaban J connectivity index is 2.03. The van der Waals surface area contributed by atoms with Crippen LogP contribution in [0, 0.1) is 5.92 Å². The van der Waals surface area contributed by atoms with Gasteiger partial charge >= 0.3 is 0 Å². The molecule has 0 bridgehead atoms. The molecule has 0 radical (unpaired) electrons. The Bertz CT molecular complexity index is 514. The molecule has 1 aromatic carbocycles. The van der Waals surface area contributed by atoms with E-state index in [9.17, 15) is 15.3 Å². The zero-order valence-corrected chi connectivity index (χ0v) is 15.6. The summed E-state index contributed by atoms with van der Waals surface area (Å²) < 4.78 is 0. The van der Waals surface area contributed by atoms with Crippen LogP contribution in [0.4, 0.5) is 0 Å². The maximum atomic E-state index is 10.3. The van der Waals surface area contributed by atoms with E-state index < -0.39 is 18.3 Å². The lowest BCUT2D eigenvalue weighted by molar-refractivity contribution is -0.111. The van der Waals surface area contributed by atoms with E-state index >= 15 is 0 Å². The highest BCUT2D eigenvalue weighted by Gasteiger charge is 2.45. The Kier molecular flexibility index (Phi) is 7.42. The van der Waals surface area contributed by atoms with Crippen LogP contribution in [0.1, 0.15) is 18.9 Å². The summed E-state index contributed by atoms with van der Waals surface area (Å²) in [5.41, 5.74) is 7.25.